The summed E-state index contributed by atoms with van der Waals surface area (Å²) in [5, 5.41) is 2.72. The summed E-state index contributed by atoms with van der Waals surface area (Å²) in [5.41, 5.74) is 5.74. The Kier molecular flexibility index (Phi) is 7.45. The number of anilines is 1. The summed E-state index contributed by atoms with van der Waals surface area (Å²) >= 11 is 0. The molecule has 0 radical (unpaired) electrons. The molecule has 3 atom stereocenters. The Morgan fingerprint density at radius 1 is 1.29 bits per heavy atom. The van der Waals surface area contributed by atoms with Gasteiger partial charge in [0.15, 0.2) is 0 Å². The number of rotatable bonds is 4. The largest absolute Gasteiger partial charge is 0.497 e. The number of ether oxygens (including phenoxy) is 2. The number of nitrogens with two attached hydrogens (primary N) is 1. The van der Waals surface area contributed by atoms with Crippen LogP contribution in [0, 0.1) is 11.7 Å². The minimum Gasteiger partial charge on any atom is -0.497 e. The van der Waals surface area contributed by atoms with Crippen molar-refractivity contribution in [2.75, 3.05) is 12.4 Å². The number of carbonyl (C=O) groups excluding carboxylic acids is 2. The normalized spacial score (nSPS) is 20.6. The Labute approximate surface area is 163 Å². The van der Waals surface area contributed by atoms with E-state index in [0.717, 1.165) is 6.42 Å². The molecule has 2 amide bonds. The van der Waals surface area contributed by atoms with Gasteiger partial charge in [0.1, 0.15) is 23.4 Å². The monoisotopic (exact) mass is 389 g/mol. The molecule has 0 saturated carbocycles. The van der Waals surface area contributed by atoms with Crippen LogP contribution in [0.25, 0.3) is 0 Å². The van der Waals surface area contributed by atoms with Gasteiger partial charge in [0.05, 0.1) is 13.2 Å². The molecule has 2 heterocycles. The Balaban J connectivity index is 0.000000261. The topological polar surface area (TPSA) is 104 Å². The van der Waals surface area contributed by atoms with Crippen LogP contribution >= 0.6 is 0 Å². The van der Waals surface area contributed by atoms with Crippen molar-refractivity contribution in [3.05, 3.63) is 54.1 Å². The predicted molar refractivity (Wildman–Crippen MR) is 102 cm³/mol. The van der Waals surface area contributed by atoms with Gasteiger partial charge in [0.25, 0.3) is 11.8 Å². The number of methoxy groups -OCH3 is 1. The third-order valence-corrected chi connectivity index (χ3v) is 4.17. The minimum atomic E-state index is -0.629. The molecule has 1 aliphatic rings. The van der Waals surface area contributed by atoms with Gasteiger partial charge in [-0.25, -0.2) is 4.39 Å². The number of aromatic nitrogens is 1. The average Bonchev–Trinajstić information content (AvgIpc) is 3.00. The van der Waals surface area contributed by atoms with Crippen LogP contribution in [0.1, 0.15) is 30.8 Å². The maximum Gasteiger partial charge on any atom is 0.267 e. The van der Waals surface area contributed by atoms with E-state index in [1.807, 2.05) is 13.8 Å². The number of primary amides is 1. The number of nitrogens with one attached hydrogen (secondary N) is 1. The van der Waals surface area contributed by atoms with E-state index in [1.165, 1.54) is 31.5 Å². The summed E-state index contributed by atoms with van der Waals surface area (Å²) in [6.07, 6.45) is 1.92. The second kappa shape index (κ2) is 9.80. The molecule has 28 heavy (non-hydrogen) atoms. The average molecular weight is 389 g/mol. The molecule has 8 heteroatoms. The molecule has 3 rings (SSSR count). The van der Waals surface area contributed by atoms with E-state index in [0.29, 0.717) is 11.4 Å². The van der Waals surface area contributed by atoms with Crippen molar-refractivity contribution in [2.45, 2.75) is 32.5 Å². The van der Waals surface area contributed by atoms with Gasteiger partial charge >= 0.3 is 0 Å². The first-order valence-corrected chi connectivity index (χ1v) is 8.82. The third-order valence-electron chi connectivity index (χ3n) is 4.17. The molecule has 7 nitrogen and oxygen atoms in total. The van der Waals surface area contributed by atoms with Crippen LogP contribution in [0.2, 0.25) is 0 Å². The van der Waals surface area contributed by atoms with Gasteiger partial charge < -0.3 is 20.5 Å². The van der Waals surface area contributed by atoms with Gasteiger partial charge in [-0.15, -0.1) is 0 Å². The van der Waals surface area contributed by atoms with Crippen molar-refractivity contribution in [1.29, 1.82) is 0 Å². The quantitative estimate of drug-likeness (QED) is 0.837. The van der Waals surface area contributed by atoms with E-state index in [-0.39, 0.29) is 29.4 Å². The highest BCUT2D eigenvalue weighted by molar-refractivity contribution is 5.96. The zero-order chi connectivity index (χ0) is 20.7. The molecule has 1 saturated heterocycles. The van der Waals surface area contributed by atoms with Crippen molar-refractivity contribution in [2.24, 2.45) is 11.7 Å². The van der Waals surface area contributed by atoms with E-state index >= 15 is 0 Å². The van der Waals surface area contributed by atoms with Crippen LogP contribution in [0.15, 0.2) is 42.6 Å². The maximum atomic E-state index is 12.3. The van der Waals surface area contributed by atoms with Crippen molar-refractivity contribution in [1.82, 2.24) is 4.98 Å². The van der Waals surface area contributed by atoms with Crippen molar-refractivity contribution in [3.63, 3.8) is 0 Å². The highest BCUT2D eigenvalue weighted by Gasteiger charge is 2.35. The minimum absolute atomic E-state index is 0.0874. The van der Waals surface area contributed by atoms with Crippen molar-refractivity contribution in [3.8, 4) is 5.75 Å². The van der Waals surface area contributed by atoms with Crippen LogP contribution in [-0.4, -0.2) is 36.1 Å². The van der Waals surface area contributed by atoms with Crippen LogP contribution < -0.4 is 15.8 Å². The van der Waals surface area contributed by atoms with E-state index in [4.69, 9.17) is 15.2 Å². The van der Waals surface area contributed by atoms with Gasteiger partial charge in [-0.3, -0.25) is 14.6 Å². The zero-order valence-corrected chi connectivity index (χ0v) is 16.0. The molecule has 1 aliphatic heterocycles. The Bertz CT molecular complexity index is 831. The second-order valence-electron chi connectivity index (χ2n) is 6.53. The number of pyridine rings is 1. The summed E-state index contributed by atoms with van der Waals surface area (Å²) in [7, 11) is 1.51. The fourth-order valence-electron chi connectivity index (χ4n) is 2.86. The van der Waals surface area contributed by atoms with Gasteiger partial charge in [0.2, 0.25) is 0 Å². The van der Waals surface area contributed by atoms with Crippen molar-refractivity contribution >= 4 is 17.5 Å². The summed E-state index contributed by atoms with van der Waals surface area (Å²) in [6.45, 7) is 3.93. The first-order chi connectivity index (χ1) is 13.3. The first-order valence-electron chi connectivity index (χ1n) is 8.82. The summed E-state index contributed by atoms with van der Waals surface area (Å²) in [6, 6.07) is 9.07. The molecule has 1 aromatic heterocycles. The number of hydrogen-bond acceptors (Lipinski definition) is 5. The van der Waals surface area contributed by atoms with Crippen LogP contribution in [-0.2, 0) is 9.53 Å². The molecule has 1 fully saturated rings. The highest BCUT2D eigenvalue weighted by Crippen LogP contribution is 2.26. The van der Waals surface area contributed by atoms with E-state index in [1.54, 1.807) is 18.2 Å². The summed E-state index contributed by atoms with van der Waals surface area (Å²) in [5.74, 6) is -0.384. The number of amides is 2. The summed E-state index contributed by atoms with van der Waals surface area (Å²) in [4.78, 5) is 26.9. The number of benzene rings is 1. The van der Waals surface area contributed by atoms with Gasteiger partial charge in [-0.2, -0.15) is 0 Å². The van der Waals surface area contributed by atoms with Gasteiger partial charge in [-0.05, 0) is 43.5 Å². The van der Waals surface area contributed by atoms with Crippen molar-refractivity contribution < 1.29 is 23.5 Å². The molecule has 1 aromatic carbocycles. The number of hydrogen-bond donors (Lipinski definition) is 2. The lowest BCUT2D eigenvalue weighted by atomic mass is 10.0. The lowest BCUT2D eigenvalue weighted by molar-refractivity contribution is -0.127. The summed E-state index contributed by atoms with van der Waals surface area (Å²) < 4.78 is 22.6. The Morgan fingerprint density at radius 2 is 2.04 bits per heavy atom. The first kappa shape index (κ1) is 21.3. The number of carbonyl (C=O) groups is 2. The fraction of sp³-hybridized carbons (Fsp3) is 0.350. The molecule has 0 aliphatic carbocycles. The molecule has 150 valence electrons. The standard InChI is InChI=1S/C13H17N3O3.C7H7FO/c1-7-5-8(2)19-11(7)13(18)16-9-3-4-15-10(6-9)12(14)17;1-9-7-4-2-3-6(8)5-7/h3-4,6-8,11H,5H2,1-2H3,(H2,14,17)(H,15,16,18);2-5H,1H3. The molecular formula is C20H24FN3O4. The smallest absolute Gasteiger partial charge is 0.267 e. The van der Waals surface area contributed by atoms with Gasteiger partial charge in [-0.1, -0.05) is 13.0 Å². The molecule has 3 unspecified atom stereocenters. The van der Waals surface area contributed by atoms with Crippen LogP contribution in [0.5, 0.6) is 5.75 Å². The third kappa shape index (κ3) is 6.02. The Morgan fingerprint density at radius 3 is 2.57 bits per heavy atom. The van der Waals surface area contributed by atoms with Crippen LogP contribution in [0.3, 0.4) is 0 Å². The Hall–Kier alpha value is -3.00. The van der Waals surface area contributed by atoms with Gasteiger partial charge in [0, 0.05) is 18.0 Å². The molecule has 0 spiro atoms. The molecule has 3 N–H and O–H groups in total. The van der Waals surface area contributed by atoms with E-state index in [2.05, 4.69) is 10.3 Å². The molecule has 0 bridgehead atoms. The number of nitrogens with zero attached hydrogens (tertiary/aromatic N) is 1. The van der Waals surface area contributed by atoms with E-state index < -0.39 is 12.0 Å². The lowest BCUT2D eigenvalue weighted by Gasteiger charge is -2.15. The van der Waals surface area contributed by atoms with Crippen LogP contribution in [0.4, 0.5) is 10.1 Å². The number of halogens is 1. The molecular weight excluding hydrogens is 365 g/mol. The predicted octanol–water partition coefficient (Wildman–Crippen LogP) is 2.77. The molecule has 2 aromatic rings. The fourth-order valence-corrected chi connectivity index (χ4v) is 2.86. The second-order valence-corrected chi connectivity index (χ2v) is 6.53. The zero-order valence-electron chi connectivity index (χ0n) is 16.0. The maximum absolute atomic E-state index is 12.3. The lowest BCUT2D eigenvalue weighted by Crippen LogP contribution is -2.31. The van der Waals surface area contributed by atoms with E-state index in [9.17, 15) is 14.0 Å². The SMILES string of the molecule is CC1CC(C)C(C(=O)Nc2ccnc(C(N)=O)c2)O1.COc1cccc(F)c1. The highest BCUT2D eigenvalue weighted by atomic mass is 19.1.